The molecule has 0 spiro atoms. The smallest absolute Gasteiger partial charge is 0.409 e. The van der Waals surface area contributed by atoms with Crippen molar-refractivity contribution >= 4 is 23.4 Å². The number of nitrogens with one attached hydrogen (secondary N) is 1. The summed E-state index contributed by atoms with van der Waals surface area (Å²) in [5.41, 5.74) is 0.689. The van der Waals surface area contributed by atoms with Crippen molar-refractivity contribution in [3.05, 3.63) is 28.8 Å². The molecule has 0 aliphatic rings. The van der Waals surface area contributed by atoms with Gasteiger partial charge in [-0.05, 0) is 6.07 Å². The standard InChI is InChI=1S/C8H8ClNO3/c9-6-3-1-2-5(4-11)7(6)10-8(12)13/h1-3,10-11H,4H2,(H,12,13). The summed E-state index contributed by atoms with van der Waals surface area (Å²) in [7, 11) is 0. The van der Waals surface area contributed by atoms with E-state index in [0.29, 0.717) is 5.56 Å². The summed E-state index contributed by atoms with van der Waals surface area (Å²) in [6.45, 7) is -0.254. The molecule has 13 heavy (non-hydrogen) atoms. The number of carboxylic acid groups (broad SMARTS) is 1. The number of amides is 1. The van der Waals surface area contributed by atoms with Crippen LogP contribution in [0.1, 0.15) is 5.56 Å². The summed E-state index contributed by atoms with van der Waals surface area (Å²) in [6, 6.07) is 4.78. The maximum atomic E-state index is 10.3. The molecule has 0 bridgehead atoms. The predicted octanol–water partition coefficient (Wildman–Crippen LogP) is 1.92. The van der Waals surface area contributed by atoms with E-state index in [1.165, 1.54) is 0 Å². The Bertz CT molecular complexity index is 327. The maximum absolute atomic E-state index is 10.3. The third-order valence-electron chi connectivity index (χ3n) is 1.50. The molecule has 5 heteroatoms. The number of carbonyl (C=O) groups is 1. The van der Waals surface area contributed by atoms with Crippen molar-refractivity contribution in [2.24, 2.45) is 0 Å². The first kappa shape index (κ1) is 9.83. The van der Waals surface area contributed by atoms with Gasteiger partial charge in [0.2, 0.25) is 0 Å². The van der Waals surface area contributed by atoms with Gasteiger partial charge >= 0.3 is 6.09 Å². The largest absolute Gasteiger partial charge is 0.465 e. The summed E-state index contributed by atoms with van der Waals surface area (Å²) < 4.78 is 0. The number of halogens is 1. The van der Waals surface area contributed by atoms with Crippen LogP contribution >= 0.6 is 11.6 Å². The lowest BCUT2D eigenvalue weighted by Crippen LogP contribution is -2.09. The van der Waals surface area contributed by atoms with Crippen molar-refractivity contribution in [1.82, 2.24) is 0 Å². The molecule has 0 heterocycles. The van der Waals surface area contributed by atoms with Gasteiger partial charge in [0.15, 0.2) is 0 Å². The molecule has 4 nitrogen and oxygen atoms in total. The molecule has 1 aromatic carbocycles. The van der Waals surface area contributed by atoms with Gasteiger partial charge in [0.1, 0.15) is 0 Å². The summed E-state index contributed by atoms with van der Waals surface area (Å²) in [5.74, 6) is 0. The second kappa shape index (κ2) is 4.11. The van der Waals surface area contributed by atoms with Crippen LogP contribution in [0.4, 0.5) is 10.5 Å². The Hall–Kier alpha value is -1.26. The van der Waals surface area contributed by atoms with Gasteiger partial charge < -0.3 is 10.2 Å². The summed E-state index contributed by atoms with van der Waals surface area (Å²) >= 11 is 5.72. The van der Waals surface area contributed by atoms with Crippen LogP contribution in [0.25, 0.3) is 0 Å². The Morgan fingerprint density at radius 1 is 1.54 bits per heavy atom. The van der Waals surface area contributed by atoms with Crippen molar-refractivity contribution in [1.29, 1.82) is 0 Å². The van der Waals surface area contributed by atoms with Gasteiger partial charge in [0.25, 0.3) is 0 Å². The van der Waals surface area contributed by atoms with E-state index in [9.17, 15) is 4.79 Å². The fourth-order valence-electron chi connectivity index (χ4n) is 0.947. The molecule has 1 rings (SSSR count). The van der Waals surface area contributed by atoms with Crippen LogP contribution in [0.2, 0.25) is 5.02 Å². The SMILES string of the molecule is O=C(O)Nc1c(Cl)cccc1CO. The number of hydrogen-bond acceptors (Lipinski definition) is 2. The first-order valence-electron chi connectivity index (χ1n) is 3.53. The Balaban J connectivity index is 3.07. The third-order valence-corrected chi connectivity index (χ3v) is 1.82. The molecule has 0 aromatic heterocycles. The van der Waals surface area contributed by atoms with E-state index in [4.69, 9.17) is 21.8 Å². The lowest BCUT2D eigenvalue weighted by atomic mass is 10.2. The quantitative estimate of drug-likeness (QED) is 0.685. The number of aliphatic hydroxyl groups excluding tert-OH is 1. The highest BCUT2D eigenvalue weighted by molar-refractivity contribution is 6.33. The van der Waals surface area contributed by atoms with Crippen molar-refractivity contribution in [3.63, 3.8) is 0 Å². The molecule has 0 saturated carbocycles. The highest BCUT2D eigenvalue weighted by Crippen LogP contribution is 2.25. The molecule has 70 valence electrons. The lowest BCUT2D eigenvalue weighted by molar-refractivity contribution is 0.209. The monoisotopic (exact) mass is 201 g/mol. The van der Waals surface area contributed by atoms with Gasteiger partial charge in [-0.15, -0.1) is 0 Å². The molecular formula is C8H8ClNO3. The summed E-state index contributed by atoms with van der Waals surface area (Å²) in [4.78, 5) is 10.3. The number of rotatable bonds is 2. The third kappa shape index (κ3) is 2.34. The normalized spacial score (nSPS) is 9.69. The molecule has 0 fully saturated rings. The number of para-hydroxylation sites is 1. The Labute approximate surface area is 79.8 Å². The molecule has 0 atom stereocenters. The van der Waals surface area contributed by atoms with Crippen LogP contribution in [0.15, 0.2) is 18.2 Å². The minimum atomic E-state index is -1.21. The van der Waals surface area contributed by atoms with Crippen LogP contribution in [0, 0.1) is 0 Å². The van der Waals surface area contributed by atoms with Crippen LogP contribution in [0.3, 0.4) is 0 Å². The Kier molecular flexibility index (Phi) is 3.11. The molecule has 0 radical (unpaired) electrons. The molecule has 0 saturated heterocycles. The Morgan fingerprint density at radius 3 is 2.77 bits per heavy atom. The highest BCUT2D eigenvalue weighted by Gasteiger charge is 2.07. The average molecular weight is 202 g/mol. The molecule has 0 aliphatic carbocycles. The van der Waals surface area contributed by atoms with Crippen LogP contribution < -0.4 is 5.32 Å². The average Bonchev–Trinajstić information content (AvgIpc) is 2.08. The summed E-state index contributed by atoms with van der Waals surface area (Å²) in [6.07, 6.45) is -1.21. The zero-order valence-corrected chi connectivity index (χ0v) is 7.38. The molecular weight excluding hydrogens is 194 g/mol. The minimum absolute atomic E-state index is 0.235. The number of benzene rings is 1. The van der Waals surface area contributed by atoms with Gasteiger partial charge in [-0.2, -0.15) is 0 Å². The van der Waals surface area contributed by atoms with E-state index in [0.717, 1.165) is 0 Å². The molecule has 1 aromatic rings. The fraction of sp³-hybridized carbons (Fsp3) is 0.125. The fourth-order valence-corrected chi connectivity index (χ4v) is 1.19. The molecule has 0 aliphatic heterocycles. The van der Waals surface area contributed by atoms with E-state index >= 15 is 0 Å². The van der Waals surface area contributed by atoms with E-state index in [1.807, 2.05) is 0 Å². The van der Waals surface area contributed by atoms with Crippen molar-refractivity contribution < 1.29 is 15.0 Å². The second-order valence-corrected chi connectivity index (χ2v) is 2.77. The van der Waals surface area contributed by atoms with E-state index in [1.54, 1.807) is 18.2 Å². The number of anilines is 1. The second-order valence-electron chi connectivity index (χ2n) is 2.36. The van der Waals surface area contributed by atoms with Crippen LogP contribution in [-0.4, -0.2) is 16.3 Å². The van der Waals surface area contributed by atoms with Crippen molar-refractivity contribution in [2.75, 3.05) is 5.32 Å². The van der Waals surface area contributed by atoms with E-state index in [2.05, 4.69) is 5.32 Å². The molecule has 0 unspecified atom stereocenters. The number of hydrogen-bond donors (Lipinski definition) is 3. The molecule has 1 amide bonds. The maximum Gasteiger partial charge on any atom is 0.409 e. The lowest BCUT2D eigenvalue weighted by Gasteiger charge is -2.07. The van der Waals surface area contributed by atoms with Gasteiger partial charge in [0.05, 0.1) is 17.3 Å². The van der Waals surface area contributed by atoms with Crippen molar-refractivity contribution in [2.45, 2.75) is 6.61 Å². The first-order valence-corrected chi connectivity index (χ1v) is 3.91. The van der Waals surface area contributed by atoms with Crippen LogP contribution in [-0.2, 0) is 6.61 Å². The van der Waals surface area contributed by atoms with Gasteiger partial charge in [-0.25, -0.2) is 4.79 Å². The first-order chi connectivity index (χ1) is 6.15. The Morgan fingerprint density at radius 2 is 2.23 bits per heavy atom. The predicted molar refractivity (Wildman–Crippen MR) is 49.0 cm³/mol. The van der Waals surface area contributed by atoms with Crippen molar-refractivity contribution in [3.8, 4) is 0 Å². The topological polar surface area (TPSA) is 69.6 Å². The van der Waals surface area contributed by atoms with Gasteiger partial charge in [-0.3, -0.25) is 5.32 Å². The molecule has 3 N–H and O–H groups in total. The number of aliphatic hydroxyl groups is 1. The van der Waals surface area contributed by atoms with Crippen LogP contribution in [0.5, 0.6) is 0 Å². The zero-order chi connectivity index (χ0) is 9.84. The minimum Gasteiger partial charge on any atom is -0.465 e. The van der Waals surface area contributed by atoms with Gasteiger partial charge in [-0.1, -0.05) is 23.7 Å². The summed E-state index contributed by atoms with van der Waals surface area (Å²) in [5, 5.41) is 19.7. The van der Waals surface area contributed by atoms with Gasteiger partial charge in [0, 0.05) is 5.56 Å². The zero-order valence-electron chi connectivity index (χ0n) is 6.62. The van der Waals surface area contributed by atoms with E-state index < -0.39 is 6.09 Å². The van der Waals surface area contributed by atoms with E-state index in [-0.39, 0.29) is 17.3 Å². The highest BCUT2D eigenvalue weighted by atomic mass is 35.5.